The van der Waals surface area contributed by atoms with Crippen LogP contribution in [0.4, 0.5) is 5.82 Å². The molecule has 0 radical (unpaired) electrons. The Morgan fingerprint density at radius 1 is 1.12 bits per heavy atom. The SMILES string of the molecule is Cc1nc2c(N)nnc-2cn1-c1ccccc1. The molecule has 2 heterocycles. The third-order valence-corrected chi connectivity index (χ3v) is 2.66. The van der Waals surface area contributed by atoms with Gasteiger partial charge in [-0.25, -0.2) is 4.98 Å². The summed E-state index contributed by atoms with van der Waals surface area (Å²) < 4.78 is 1.97. The summed E-state index contributed by atoms with van der Waals surface area (Å²) in [7, 11) is 0. The Morgan fingerprint density at radius 3 is 2.65 bits per heavy atom. The van der Waals surface area contributed by atoms with Crippen molar-refractivity contribution in [3.63, 3.8) is 0 Å². The largest absolute Gasteiger partial charge is 0.380 e. The quantitative estimate of drug-likeness (QED) is 0.683. The first-order valence-corrected chi connectivity index (χ1v) is 5.29. The van der Waals surface area contributed by atoms with Gasteiger partial charge in [0, 0.05) is 11.9 Å². The van der Waals surface area contributed by atoms with E-state index in [-0.39, 0.29) is 0 Å². The number of benzene rings is 1. The average molecular weight is 225 g/mol. The van der Waals surface area contributed by atoms with Gasteiger partial charge in [-0.2, -0.15) is 0 Å². The molecule has 0 bridgehead atoms. The van der Waals surface area contributed by atoms with Crippen molar-refractivity contribution in [2.75, 3.05) is 5.73 Å². The second kappa shape index (κ2) is 3.55. The standard InChI is InChI=1S/C12H11N5/c1-8-14-11-10(15-16-12(11)13)7-17(8)9-5-3-2-4-6-9/h2-7H,13H2,1H3. The lowest BCUT2D eigenvalue weighted by molar-refractivity contribution is 0.903. The Kier molecular flexibility index (Phi) is 2.04. The van der Waals surface area contributed by atoms with E-state index in [0.717, 1.165) is 11.5 Å². The molecule has 0 aliphatic carbocycles. The molecule has 0 amide bonds. The second-order valence-corrected chi connectivity index (χ2v) is 3.81. The predicted molar refractivity (Wildman–Crippen MR) is 64.9 cm³/mol. The number of nitrogens with two attached hydrogens (primary N) is 1. The molecular weight excluding hydrogens is 214 g/mol. The minimum atomic E-state index is 0.378. The Morgan fingerprint density at radius 2 is 1.88 bits per heavy atom. The summed E-state index contributed by atoms with van der Waals surface area (Å²) in [6, 6.07) is 9.97. The van der Waals surface area contributed by atoms with Gasteiger partial charge >= 0.3 is 0 Å². The highest BCUT2D eigenvalue weighted by Gasteiger charge is 2.15. The molecule has 1 aromatic carbocycles. The van der Waals surface area contributed by atoms with Crippen molar-refractivity contribution in [2.24, 2.45) is 0 Å². The van der Waals surface area contributed by atoms with Gasteiger partial charge in [0.2, 0.25) is 0 Å². The first-order valence-electron chi connectivity index (χ1n) is 5.29. The van der Waals surface area contributed by atoms with Gasteiger partial charge in [-0.15, -0.1) is 10.2 Å². The topological polar surface area (TPSA) is 69.6 Å². The molecule has 2 N–H and O–H groups in total. The van der Waals surface area contributed by atoms with Crippen molar-refractivity contribution in [1.82, 2.24) is 19.7 Å². The zero-order chi connectivity index (χ0) is 11.8. The minimum Gasteiger partial charge on any atom is -0.380 e. The van der Waals surface area contributed by atoms with Gasteiger partial charge < -0.3 is 10.3 Å². The lowest BCUT2D eigenvalue weighted by Gasteiger charge is -2.11. The molecule has 2 aliphatic heterocycles. The maximum atomic E-state index is 5.69. The van der Waals surface area contributed by atoms with Gasteiger partial charge in [0.25, 0.3) is 0 Å². The molecule has 0 fully saturated rings. The van der Waals surface area contributed by atoms with Gasteiger partial charge in [0.1, 0.15) is 17.2 Å². The third kappa shape index (κ3) is 1.52. The van der Waals surface area contributed by atoms with E-state index >= 15 is 0 Å². The van der Waals surface area contributed by atoms with Crippen LogP contribution in [-0.2, 0) is 0 Å². The highest BCUT2D eigenvalue weighted by molar-refractivity contribution is 5.67. The summed E-state index contributed by atoms with van der Waals surface area (Å²) in [5.41, 5.74) is 8.10. The van der Waals surface area contributed by atoms with E-state index in [0.29, 0.717) is 17.2 Å². The van der Waals surface area contributed by atoms with Crippen molar-refractivity contribution < 1.29 is 0 Å². The number of hydrogen-bond donors (Lipinski definition) is 1. The molecule has 1 aromatic rings. The normalized spacial score (nSPS) is 10.9. The van der Waals surface area contributed by atoms with E-state index in [1.807, 2.05) is 48.0 Å². The van der Waals surface area contributed by atoms with E-state index in [1.54, 1.807) is 0 Å². The first kappa shape index (κ1) is 9.77. The summed E-state index contributed by atoms with van der Waals surface area (Å²) in [5, 5.41) is 7.81. The van der Waals surface area contributed by atoms with Gasteiger partial charge in [-0.05, 0) is 19.1 Å². The molecule has 84 valence electrons. The van der Waals surface area contributed by atoms with Crippen LogP contribution < -0.4 is 5.73 Å². The van der Waals surface area contributed by atoms with Crippen LogP contribution in [-0.4, -0.2) is 19.7 Å². The zero-order valence-electron chi connectivity index (χ0n) is 9.33. The highest BCUT2D eigenvalue weighted by atomic mass is 15.2. The lowest BCUT2D eigenvalue weighted by Crippen LogP contribution is -2.05. The number of nitrogens with zero attached hydrogens (tertiary/aromatic N) is 4. The monoisotopic (exact) mass is 225 g/mol. The fourth-order valence-electron chi connectivity index (χ4n) is 1.82. The molecule has 3 rings (SSSR count). The van der Waals surface area contributed by atoms with E-state index in [2.05, 4.69) is 15.2 Å². The van der Waals surface area contributed by atoms with Gasteiger partial charge in [-0.3, -0.25) is 0 Å². The summed E-state index contributed by atoms with van der Waals surface area (Å²) in [6.07, 6.45) is 1.90. The van der Waals surface area contributed by atoms with Crippen LogP contribution >= 0.6 is 0 Å². The van der Waals surface area contributed by atoms with Crippen LogP contribution in [0, 0.1) is 6.92 Å². The third-order valence-electron chi connectivity index (χ3n) is 2.66. The number of para-hydroxylation sites is 1. The molecule has 5 heteroatoms. The van der Waals surface area contributed by atoms with Crippen molar-refractivity contribution in [1.29, 1.82) is 0 Å². The average Bonchev–Trinajstić information content (AvgIpc) is 2.71. The smallest absolute Gasteiger partial charge is 0.174 e. The van der Waals surface area contributed by atoms with E-state index in [1.165, 1.54) is 0 Å². The van der Waals surface area contributed by atoms with Gasteiger partial charge in [0.15, 0.2) is 5.82 Å². The van der Waals surface area contributed by atoms with Crippen LogP contribution in [0.2, 0.25) is 0 Å². The van der Waals surface area contributed by atoms with Crippen molar-refractivity contribution >= 4 is 5.82 Å². The predicted octanol–water partition coefficient (Wildman–Crippen LogP) is 1.66. The molecule has 0 spiro atoms. The molecule has 2 aliphatic rings. The van der Waals surface area contributed by atoms with Crippen LogP contribution in [0.15, 0.2) is 36.5 Å². The minimum absolute atomic E-state index is 0.378. The molecular formula is C12H11N5. The molecule has 17 heavy (non-hydrogen) atoms. The van der Waals surface area contributed by atoms with Crippen LogP contribution in [0.25, 0.3) is 17.1 Å². The van der Waals surface area contributed by atoms with Gasteiger partial charge in [0.05, 0.1) is 0 Å². The van der Waals surface area contributed by atoms with Gasteiger partial charge in [-0.1, -0.05) is 18.2 Å². The molecule has 0 aromatic heterocycles. The summed E-state index contributed by atoms with van der Waals surface area (Å²) in [4.78, 5) is 4.42. The first-order chi connectivity index (χ1) is 8.25. The number of rotatable bonds is 1. The highest BCUT2D eigenvalue weighted by Crippen LogP contribution is 2.24. The van der Waals surface area contributed by atoms with E-state index in [4.69, 9.17) is 5.73 Å². The van der Waals surface area contributed by atoms with Crippen molar-refractivity contribution in [3.05, 3.63) is 42.4 Å². The molecule has 0 unspecified atom stereocenters. The lowest BCUT2D eigenvalue weighted by atomic mass is 10.2. The zero-order valence-corrected chi connectivity index (χ0v) is 9.33. The van der Waals surface area contributed by atoms with Crippen molar-refractivity contribution in [3.8, 4) is 17.1 Å². The summed E-state index contributed by atoms with van der Waals surface area (Å²) in [5.74, 6) is 1.23. The van der Waals surface area contributed by atoms with Crippen LogP contribution in [0.1, 0.15) is 5.82 Å². The fraction of sp³-hybridized carbons (Fsp3) is 0.0833. The van der Waals surface area contributed by atoms with E-state index < -0.39 is 0 Å². The number of aryl methyl sites for hydroxylation is 1. The van der Waals surface area contributed by atoms with Crippen LogP contribution in [0.3, 0.4) is 0 Å². The molecule has 0 saturated heterocycles. The summed E-state index contributed by atoms with van der Waals surface area (Å²) >= 11 is 0. The number of nitrogen functional groups attached to an aromatic ring is 1. The van der Waals surface area contributed by atoms with Crippen molar-refractivity contribution in [2.45, 2.75) is 6.92 Å². The molecule has 5 nitrogen and oxygen atoms in total. The Balaban J connectivity index is 2.25. The van der Waals surface area contributed by atoms with E-state index in [9.17, 15) is 0 Å². The second-order valence-electron chi connectivity index (χ2n) is 3.81. The van der Waals surface area contributed by atoms with Crippen LogP contribution in [0.5, 0.6) is 0 Å². The molecule has 0 saturated carbocycles. The summed E-state index contributed by atoms with van der Waals surface area (Å²) in [6.45, 7) is 1.93. The number of fused-ring (bicyclic) bond motifs is 1. The Hall–Kier alpha value is -2.43. The number of hydrogen-bond acceptors (Lipinski definition) is 4. The molecule has 0 atom stereocenters. The number of anilines is 1. The fourth-order valence-corrected chi connectivity index (χ4v) is 1.82. The number of aromatic nitrogens is 4. The maximum absolute atomic E-state index is 5.69. The maximum Gasteiger partial charge on any atom is 0.174 e. The Labute approximate surface area is 98.3 Å². The Bertz CT molecular complexity index is 629.